The zero-order chi connectivity index (χ0) is 16.6. The van der Waals surface area contributed by atoms with Crippen molar-refractivity contribution in [3.8, 4) is 0 Å². The molecule has 1 N–H and O–H groups in total. The van der Waals surface area contributed by atoms with E-state index in [2.05, 4.69) is 12.2 Å². The molecule has 0 radical (unpaired) electrons. The summed E-state index contributed by atoms with van der Waals surface area (Å²) in [6.45, 7) is 8.99. The van der Waals surface area contributed by atoms with Crippen LogP contribution in [0.4, 0.5) is 4.79 Å². The van der Waals surface area contributed by atoms with Crippen LogP contribution in [0.5, 0.6) is 0 Å². The summed E-state index contributed by atoms with van der Waals surface area (Å²) in [5.41, 5.74) is 0.428. The van der Waals surface area contributed by atoms with E-state index < -0.39 is 5.54 Å². The van der Waals surface area contributed by atoms with Gasteiger partial charge in [-0.1, -0.05) is 43.5 Å². The quantitative estimate of drug-likeness (QED) is 0.554. The van der Waals surface area contributed by atoms with Gasteiger partial charge in [-0.05, 0) is 44.9 Å². The first kappa shape index (κ1) is 18.8. The highest BCUT2D eigenvalue weighted by Crippen LogP contribution is 2.23. The van der Waals surface area contributed by atoms with E-state index in [9.17, 15) is 4.79 Å². The topological polar surface area (TPSA) is 41.6 Å². The summed E-state index contributed by atoms with van der Waals surface area (Å²) in [4.78, 5) is 17.9. The number of unbranched alkanes of at least 4 members (excludes halogenated alkanes) is 2. The van der Waals surface area contributed by atoms with E-state index in [1.54, 1.807) is 0 Å². The molecule has 5 heteroatoms. The maximum absolute atomic E-state index is 12.4. The van der Waals surface area contributed by atoms with E-state index in [4.69, 9.17) is 16.4 Å². The molecule has 0 fully saturated rings. The molecule has 1 aromatic carbocycles. The predicted octanol–water partition coefficient (Wildman–Crippen LogP) is 4.73. The van der Waals surface area contributed by atoms with Gasteiger partial charge in [0, 0.05) is 11.6 Å². The Labute approximate surface area is 138 Å². The highest BCUT2D eigenvalue weighted by Gasteiger charge is 2.25. The summed E-state index contributed by atoms with van der Waals surface area (Å²) >= 11 is 6.03. The Morgan fingerprint density at radius 2 is 2.05 bits per heavy atom. The molecule has 0 atom stereocenters. The van der Waals surface area contributed by atoms with E-state index in [1.807, 2.05) is 45.0 Å². The van der Waals surface area contributed by atoms with Gasteiger partial charge in [-0.25, -0.2) is 9.86 Å². The van der Waals surface area contributed by atoms with Crippen LogP contribution >= 0.6 is 11.6 Å². The summed E-state index contributed by atoms with van der Waals surface area (Å²) in [6.07, 6.45) is 3.19. The number of benzene rings is 1. The van der Waals surface area contributed by atoms with Crippen LogP contribution in [0.15, 0.2) is 24.3 Å². The second-order valence-electron chi connectivity index (χ2n) is 5.80. The van der Waals surface area contributed by atoms with Gasteiger partial charge in [-0.3, -0.25) is 4.84 Å². The lowest BCUT2D eigenvalue weighted by atomic mass is 9.94. The molecule has 22 heavy (non-hydrogen) atoms. The Kier molecular flexibility index (Phi) is 7.69. The summed E-state index contributed by atoms with van der Waals surface area (Å²) < 4.78 is 0. The van der Waals surface area contributed by atoms with Gasteiger partial charge in [0.2, 0.25) is 0 Å². The van der Waals surface area contributed by atoms with Crippen molar-refractivity contribution in [1.29, 1.82) is 0 Å². The summed E-state index contributed by atoms with van der Waals surface area (Å²) in [7, 11) is 0. The number of hydroxylamine groups is 2. The molecule has 1 rings (SSSR count). The molecule has 0 bridgehead atoms. The molecule has 0 heterocycles. The number of rotatable bonds is 8. The van der Waals surface area contributed by atoms with E-state index in [0.717, 1.165) is 24.8 Å². The van der Waals surface area contributed by atoms with E-state index in [1.165, 1.54) is 5.06 Å². The molecule has 0 aromatic heterocycles. The van der Waals surface area contributed by atoms with Crippen LogP contribution in [-0.2, 0) is 10.4 Å². The Morgan fingerprint density at radius 3 is 2.64 bits per heavy atom. The lowest BCUT2D eigenvalue weighted by molar-refractivity contribution is -0.116. The van der Waals surface area contributed by atoms with E-state index in [0.29, 0.717) is 18.2 Å². The maximum atomic E-state index is 12.4. The molecule has 0 spiro atoms. The van der Waals surface area contributed by atoms with Crippen molar-refractivity contribution in [3.63, 3.8) is 0 Å². The minimum atomic E-state index is -0.526. The zero-order valence-corrected chi connectivity index (χ0v) is 14.7. The minimum Gasteiger partial charge on any atom is -0.327 e. The van der Waals surface area contributed by atoms with Gasteiger partial charge in [0.1, 0.15) is 0 Å². The van der Waals surface area contributed by atoms with E-state index >= 15 is 0 Å². The number of carbonyl (C=O) groups excluding carboxylic acids is 1. The second kappa shape index (κ2) is 9.01. The lowest BCUT2D eigenvalue weighted by Crippen LogP contribution is -2.48. The SMILES string of the molecule is CCCCCON(CC)C(=O)NC(C)(C)c1cccc(Cl)c1. The summed E-state index contributed by atoms with van der Waals surface area (Å²) in [6, 6.07) is 7.27. The van der Waals surface area contributed by atoms with Gasteiger partial charge in [0.25, 0.3) is 0 Å². The molecule has 0 aliphatic carbocycles. The molecule has 0 unspecified atom stereocenters. The second-order valence-corrected chi connectivity index (χ2v) is 6.24. The number of nitrogens with one attached hydrogen (secondary N) is 1. The Bertz CT molecular complexity index is 477. The molecular weight excluding hydrogens is 300 g/mol. The van der Waals surface area contributed by atoms with Gasteiger partial charge in [0.15, 0.2) is 0 Å². The molecular formula is C17H27ClN2O2. The molecule has 2 amide bonds. The average molecular weight is 327 g/mol. The van der Waals surface area contributed by atoms with Gasteiger partial charge in [-0.2, -0.15) is 0 Å². The third-order valence-corrected chi connectivity index (χ3v) is 3.71. The zero-order valence-electron chi connectivity index (χ0n) is 14.0. The van der Waals surface area contributed by atoms with Crippen LogP contribution in [0.25, 0.3) is 0 Å². The first-order chi connectivity index (χ1) is 10.4. The molecule has 4 nitrogen and oxygen atoms in total. The normalized spacial score (nSPS) is 11.3. The number of hydrogen-bond donors (Lipinski definition) is 1. The lowest BCUT2D eigenvalue weighted by Gasteiger charge is -2.30. The van der Waals surface area contributed by atoms with Crippen molar-refractivity contribution < 1.29 is 9.63 Å². The van der Waals surface area contributed by atoms with Crippen LogP contribution in [0.3, 0.4) is 0 Å². The highest BCUT2D eigenvalue weighted by molar-refractivity contribution is 6.30. The fraction of sp³-hybridized carbons (Fsp3) is 0.588. The van der Waals surface area contributed by atoms with Gasteiger partial charge in [-0.15, -0.1) is 0 Å². The molecule has 124 valence electrons. The monoisotopic (exact) mass is 326 g/mol. The van der Waals surface area contributed by atoms with E-state index in [-0.39, 0.29) is 6.03 Å². The van der Waals surface area contributed by atoms with Crippen molar-refractivity contribution in [2.45, 2.75) is 52.5 Å². The maximum Gasteiger partial charge on any atom is 0.341 e. The third kappa shape index (κ3) is 5.85. The fourth-order valence-corrected chi connectivity index (χ4v) is 2.29. The smallest absolute Gasteiger partial charge is 0.327 e. The largest absolute Gasteiger partial charge is 0.341 e. The average Bonchev–Trinajstić information content (AvgIpc) is 2.47. The predicted molar refractivity (Wildman–Crippen MR) is 90.9 cm³/mol. The van der Waals surface area contributed by atoms with Crippen molar-refractivity contribution in [2.24, 2.45) is 0 Å². The highest BCUT2D eigenvalue weighted by atomic mass is 35.5. The van der Waals surface area contributed by atoms with Gasteiger partial charge in [0.05, 0.1) is 12.1 Å². The Morgan fingerprint density at radius 1 is 1.32 bits per heavy atom. The van der Waals surface area contributed by atoms with Crippen LogP contribution < -0.4 is 5.32 Å². The molecule has 0 saturated heterocycles. The van der Waals surface area contributed by atoms with Gasteiger partial charge >= 0.3 is 6.03 Å². The van der Waals surface area contributed by atoms with Crippen LogP contribution in [0, 0.1) is 0 Å². The fourth-order valence-electron chi connectivity index (χ4n) is 2.10. The standard InChI is InChI=1S/C17H27ClN2O2/c1-5-7-8-12-22-20(6-2)16(21)19-17(3,4)14-10-9-11-15(18)13-14/h9-11,13H,5-8,12H2,1-4H3,(H,19,21). The van der Waals surface area contributed by atoms with Crippen molar-refractivity contribution in [2.75, 3.05) is 13.2 Å². The van der Waals surface area contributed by atoms with Crippen molar-refractivity contribution in [3.05, 3.63) is 34.9 Å². The molecule has 0 aliphatic rings. The minimum absolute atomic E-state index is 0.232. The summed E-state index contributed by atoms with van der Waals surface area (Å²) in [5.74, 6) is 0. The summed E-state index contributed by atoms with van der Waals surface area (Å²) in [5, 5.41) is 5.03. The van der Waals surface area contributed by atoms with Crippen LogP contribution in [-0.4, -0.2) is 24.2 Å². The Hall–Kier alpha value is -1.26. The van der Waals surface area contributed by atoms with Crippen molar-refractivity contribution in [1.82, 2.24) is 10.4 Å². The van der Waals surface area contributed by atoms with Crippen LogP contribution in [0.2, 0.25) is 5.02 Å². The first-order valence-electron chi connectivity index (χ1n) is 7.89. The number of nitrogens with zero attached hydrogens (tertiary/aromatic N) is 1. The first-order valence-corrected chi connectivity index (χ1v) is 8.27. The van der Waals surface area contributed by atoms with Gasteiger partial charge < -0.3 is 5.32 Å². The van der Waals surface area contributed by atoms with Crippen LogP contribution in [0.1, 0.15) is 52.5 Å². The number of halogens is 1. The number of hydrogen-bond acceptors (Lipinski definition) is 2. The Balaban J connectivity index is 2.63. The number of carbonyl (C=O) groups is 1. The number of amides is 2. The third-order valence-electron chi connectivity index (χ3n) is 3.47. The van der Waals surface area contributed by atoms with Crippen molar-refractivity contribution >= 4 is 17.6 Å². The molecule has 0 aliphatic heterocycles. The molecule has 1 aromatic rings. The number of urea groups is 1. The molecule has 0 saturated carbocycles.